The number of benzene rings is 1. The highest BCUT2D eigenvalue weighted by atomic mass is 16.5. The predicted molar refractivity (Wildman–Crippen MR) is 147 cm³/mol. The number of rotatable bonds is 8. The van der Waals surface area contributed by atoms with Gasteiger partial charge in [0.1, 0.15) is 5.75 Å². The molecule has 36 heavy (non-hydrogen) atoms. The van der Waals surface area contributed by atoms with Gasteiger partial charge in [-0.15, -0.1) is 0 Å². The maximum Gasteiger partial charge on any atom is 0.243 e. The van der Waals surface area contributed by atoms with Gasteiger partial charge in [-0.2, -0.15) is 0 Å². The van der Waals surface area contributed by atoms with Crippen LogP contribution in [0.1, 0.15) is 65.4 Å². The van der Waals surface area contributed by atoms with E-state index in [1.54, 1.807) is 13.2 Å². The van der Waals surface area contributed by atoms with E-state index in [9.17, 15) is 9.90 Å². The zero-order valence-electron chi connectivity index (χ0n) is 22.7. The van der Waals surface area contributed by atoms with Crippen LogP contribution in [0.15, 0.2) is 48.2 Å². The lowest BCUT2D eigenvalue weighted by molar-refractivity contribution is -0.116. The molecule has 0 radical (unpaired) electrons. The number of hydrogen-bond acceptors (Lipinski definition) is 3. The second kappa shape index (κ2) is 10.8. The van der Waals surface area contributed by atoms with E-state index < -0.39 is 0 Å². The van der Waals surface area contributed by atoms with Gasteiger partial charge in [0.05, 0.1) is 13.2 Å². The standard InChI is InChI=1S/C31H44N2O3/c1-19(7-10-24-20(2)8-11-26-30(24)21(3)16-28(34)31(26,4)5)15-29(35)32-14-13-22-18-33-27-12-9-23(36-6)17-25(22)27/h9,12,15,17-18,21,24,26,28,30,33-34H,2,7-8,10-11,13-14,16H2,1,3-6H3,(H,32,35). The molecule has 2 fully saturated rings. The van der Waals surface area contributed by atoms with Crippen molar-refractivity contribution in [2.45, 2.75) is 72.3 Å². The smallest absolute Gasteiger partial charge is 0.243 e. The van der Waals surface area contributed by atoms with Gasteiger partial charge in [0, 0.05) is 29.7 Å². The first-order chi connectivity index (χ1) is 17.1. The molecule has 1 aromatic carbocycles. The Hall–Kier alpha value is -2.53. The molecule has 2 aliphatic carbocycles. The maximum atomic E-state index is 12.6. The Morgan fingerprint density at radius 1 is 1.36 bits per heavy atom. The molecule has 1 heterocycles. The topological polar surface area (TPSA) is 74.4 Å². The Morgan fingerprint density at radius 3 is 2.89 bits per heavy atom. The van der Waals surface area contributed by atoms with Gasteiger partial charge in [-0.1, -0.05) is 38.5 Å². The third-order valence-corrected chi connectivity index (χ3v) is 9.19. The first-order valence-corrected chi connectivity index (χ1v) is 13.6. The Labute approximate surface area is 216 Å². The number of H-pyrrole nitrogens is 1. The van der Waals surface area contributed by atoms with Crippen molar-refractivity contribution in [2.24, 2.45) is 29.1 Å². The lowest BCUT2D eigenvalue weighted by Gasteiger charge is -2.55. The number of aromatic amines is 1. The van der Waals surface area contributed by atoms with Gasteiger partial charge in [-0.05, 0) is 98.3 Å². The van der Waals surface area contributed by atoms with Gasteiger partial charge >= 0.3 is 0 Å². The molecule has 2 saturated carbocycles. The van der Waals surface area contributed by atoms with Gasteiger partial charge in [-0.25, -0.2) is 0 Å². The summed E-state index contributed by atoms with van der Waals surface area (Å²) in [5.41, 5.74) is 4.68. The van der Waals surface area contributed by atoms with Crippen molar-refractivity contribution in [3.8, 4) is 5.75 Å². The Bertz CT molecular complexity index is 1130. The molecule has 2 aromatic rings. The number of aliphatic hydroxyl groups is 1. The summed E-state index contributed by atoms with van der Waals surface area (Å²) in [4.78, 5) is 15.9. The van der Waals surface area contributed by atoms with Gasteiger partial charge in [0.2, 0.25) is 5.91 Å². The summed E-state index contributed by atoms with van der Waals surface area (Å²) in [7, 11) is 1.67. The number of amides is 1. The number of allylic oxidation sites excluding steroid dienone is 2. The van der Waals surface area contributed by atoms with E-state index in [0.29, 0.717) is 30.2 Å². The van der Waals surface area contributed by atoms with E-state index in [4.69, 9.17) is 4.74 Å². The number of nitrogens with one attached hydrogen (secondary N) is 2. The van der Waals surface area contributed by atoms with E-state index >= 15 is 0 Å². The molecule has 0 spiro atoms. The van der Waals surface area contributed by atoms with E-state index in [1.165, 1.54) is 11.1 Å². The summed E-state index contributed by atoms with van der Waals surface area (Å²) in [5.74, 6) is 2.87. The number of aliphatic hydroxyl groups excluding tert-OH is 1. The number of ether oxygens (including phenoxy) is 1. The minimum absolute atomic E-state index is 0.0273. The fourth-order valence-electron chi connectivity index (χ4n) is 6.93. The van der Waals surface area contributed by atoms with Crippen LogP contribution >= 0.6 is 0 Å². The van der Waals surface area contributed by atoms with Crippen molar-refractivity contribution in [2.75, 3.05) is 13.7 Å². The van der Waals surface area contributed by atoms with Crippen LogP contribution in [0.3, 0.4) is 0 Å². The number of carbonyl (C=O) groups is 1. The summed E-state index contributed by atoms with van der Waals surface area (Å²) in [6.45, 7) is 13.9. The third kappa shape index (κ3) is 5.41. The summed E-state index contributed by atoms with van der Waals surface area (Å²) >= 11 is 0. The van der Waals surface area contributed by atoms with Crippen molar-refractivity contribution in [3.05, 3.63) is 53.8 Å². The number of methoxy groups -OCH3 is 1. The molecule has 2 aliphatic rings. The van der Waals surface area contributed by atoms with Crippen molar-refractivity contribution >= 4 is 16.8 Å². The van der Waals surface area contributed by atoms with Crippen LogP contribution in [0.4, 0.5) is 0 Å². The molecule has 5 nitrogen and oxygen atoms in total. The first-order valence-electron chi connectivity index (χ1n) is 13.6. The summed E-state index contributed by atoms with van der Waals surface area (Å²) in [5, 5.41) is 14.9. The van der Waals surface area contributed by atoms with Crippen molar-refractivity contribution in [1.82, 2.24) is 10.3 Å². The predicted octanol–water partition coefficient (Wildman–Crippen LogP) is 6.19. The average molecular weight is 493 g/mol. The van der Waals surface area contributed by atoms with Crippen LogP contribution in [0, 0.1) is 29.1 Å². The van der Waals surface area contributed by atoms with Crippen molar-refractivity contribution in [1.29, 1.82) is 0 Å². The lowest BCUT2D eigenvalue weighted by atomic mass is 9.50. The highest BCUT2D eigenvalue weighted by Gasteiger charge is 2.51. The molecule has 1 aromatic heterocycles. The van der Waals surface area contributed by atoms with E-state index in [0.717, 1.165) is 60.8 Å². The van der Waals surface area contributed by atoms with Gasteiger partial charge in [0.25, 0.3) is 0 Å². The van der Waals surface area contributed by atoms with E-state index in [1.807, 2.05) is 24.4 Å². The molecule has 3 N–H and O–H groups in total. The number of fused-ring (bicyclic) bond motifs is 2. The second-order valence-electron chi connectivity index (χ2n) is 11.8. The number of aromatic nitrogens is 1. The molecule has 0 aliphatic heterocycles. The molecule has 5 unspecified atom stereocenters. The normalized spacial score (nSPS) is 28.1. The minimum atomic E-state index is -0.225. The van der Waals surface area contributed by atoms with Crippen LogP contribution < -0.4 is 10.1 Å². The fraction of sp³-hybridized carbons (Fsp3) is 0.581. The van der Waals surface area contributed by atoms with E-state index in [-0.39, 0.29) is 17.4 Å². The molecular weight excluding hydrogens is 448 g/mol. The minimum Gasteiger partial charge on any atom is -0.497 e. The van der Waals surface area contributed by atoms with Crippen molar-refractivity contribution < 1.29 is 14.6 Å². The molecule has 0 bridgehead atoms. The summed E-state index contributed by atoms with van der Waals surface area (Å²) in [6.07, 6.45) is 9.30. The molecule has 196 valence electrons. The molecule has 0 saturated heterocycles. The SMILES string of the molecule is C=C1CCC2C(C(C)CC(O)C2(C)C)C1CCC(C)=CC(=O)NCCc1c[nH]c2ccc(OC)cc12. The first kappa shape index (κ1) is 26.5. The van der Waals surface area contributed by atoms with Crippen LogP contribution in [-0.2, 0) is 11.2 Å². The van der Waals surface area contributed by atoms with E-state index in [2.05, 4.69) is 44.6 Å². The molecule has 1 amide bonds. The monoisotopic (exact) mass is 492 g/mol. The Balaban J connectivity index is 1.31. The quantitative estimate of drug-likeness (QED) is 0.304. The third-order valence-electron chi connectivity index (χ3n) is 9.19. The average Bonchev–Trinajstić information content (AvgIpc) is 3.24. The fourth-order valence-corrected chi connectivity index (χ4v) is 6.93. The summed E-state index contributed by atoms with van der Waals surface area (Å²) < 4.78 is 5.35. The largest absolute Gasteiger partial charge is 0.497 e. The van der Waals surface area contributed by atoms with Crippen LogP contribution in [0.25, 0.3) is 10.9 Å². The van der Waals surface area contributed by atoms with Crippen LogP contribution in [-0.4, -0.2) is 35.8 Å². The molecular formula is C31H44N2O3. The van der Waals surface area contributed by atoms with Gasteiger partial charge < -0.3 is 20.1 Å². The zero-order chi connectivity index (χ0) is 26.0. The van der Waals surface area contributed by atoms with Crippen LogP contribution in [0.5, 0.6) is 5.75 Å². The summed E-state index contributed by atoms with van der Waals surface area (Å²) in [6, 6.07) is 5.99. The Kier molecular flexibility index (Phi) is 7.99. The zero-order valence-corrected chi connectivity index (χ0v) is 22.7. The lowest BCUT2D eigenvalue weighted by Crippen LogP contribution is -2.52. The maximum absolute atomic E-state index is 12.6. The molecule has 5 heteroatoms. The highest BCUT2D eigenvalue weighted by Crippen LogP contribution is 2.56. The van der Waals surface area contributed by atoms with Gasteiger partial charge in [0.15, 0.2) is 0 Å². The molecule has 4 rings (SSSR count). The van der Waals surface area contributed by atoms with Crippen molar-refractivity contribution in [3.63, 3.8) is 0 Å². The Morgan fingerprint density at radius 2 is 2.14 bits per heavy atom. The number of hydrogen-bond donors (Lipinski definition) is 3. The highest BCUT2D eigenvalue weighted by molar-refractivity contribution is 5.88. The molecule has 5 atom stereocenters. The van der Waals surface area contributed by atoms with Gasteiger partial charge in [-0.3, -0.25) is 4.79 Å². The number of carbonyl (C=O) groups excluding carboxylic acids is 1. The second-order valence-corrected chi connectivity index (χ2v) is 11.8. The van der Waals surface area contributed by atoms with Crippen LogP contribution in [0.2, 0.25) is 0 Å².